The van der Waals surface area contributed by atoms with Gasteiger partial charge in [0.2, 0.25) is 0 Å². The molecule has 0 aromatic rings. The summed E-state index contributed by atoms with van der Waals surface area (Å²) in [6.07, 6.45) is 16.1. The third-order valence-electron chi connectivity index (χ3n) is 9.61. The van der Waals surface area contributed by atoms with Gasteiger partial charge in [-0.05, 0) is 153 Å². The van der Waals surface area contributed by atoms with Crippen molar-refractivity contribution in [1.82, 2.24) is 0 Å². The van der Waals surface area contributed by atoms with Crippen LogP contribution in [0.25, 0.3) is 0 Å². The van der Waals surface area contributed by atoms with Crippen LogP contribution in [-0.4, -0.2) is 23.0 Å². The summed E-state index contributed by atoms with van der Waals surface area (Å²) in [6, 6.07) is 0. The molecule has 4 saturated carbocycles. The van der Waals surface area contributed by atoms with Crippen LogP contribution in [0.5, 0.6) is 0 Å². The Kier molecular flexibility index (Phi) is 8.95. The lowest BCUT2D eigenvalue weighted by molar-refractivity contribution is 0.0478. The second-order valence-corrected chi connectivity index (χ2v) is 12.7. The SMILES string of the molecule is SCCC1CC(C2CC2CCS)CCC1C1CCC(C2CC2CS)C(CCS)C1. The van der Waals surface area contributed by atoms with E-state index in [-0.39, 0.29) is 0 Å². The molecule has 0 amide bonds. The van der Waals surface area contributed by atoms with E-state index in [1.807, 2.05) is 0 Å². The summed E-state index contributed by atoms with van der Waals surface area (Å²) >= 11 is 18.4. The molecule has 0 saturated heterocycles. The molecule has 0 heterocycles. The molecular weight excluding hydrogens is 429 g/mol. The Hall–Kier alpha value is 1.40. The lowest BCUT2D eigenvalue weighted by Gasteiger charge is -2.46. The lowest BCUT2D eigenvalue weighted by Crippen LogP contribution is -2.37. The minimum atomic E-state index is 0.929. The van der Waals surface area contributed by atoms with Gasteiger partial charge in [-0.25, -0.2) is 0 Å². The fourth-order valence-electron chi connectivity index (χ4n) is 7.96. The minimum Gasteiger partial charge on any atom is -0.179 e. The van der Waals surface area contributed by atoms with Crippen LogP contribution in [0.1, 0.15) is 70.6 Å². The summed E-state index contributed by atoms with van der Waals surface area (Å²) in [6.45, 7) is 0. The second kappa shape index (κ2) is 11.0. The molecule has 0 spiro atoms. The summed E-state index contributed by atoms with van der Waals surface area (Å²) < 4.78 is 0. The van der Waals surface area contributed by atoms with E-state index in [1.54, 1.807) is 0 Å². The number of thiol groups is 4. The van der Waals surface area contributed by atoms with Crippen molar-refractivity contribution in [1.29, 1.82) is 0 Å². The third-order valence-corrected chi connectivity index (χ3v) is 10.9. The van der Waals surface area contributed by atoms with Gasteiger partial charge in [0.25, 0.3) is 0 Å². The average molecular weight is 473 g/mol. The normalized spacial score (nSPS) is 47.2. The van der Waals surface area contributed by atoms with E-state index in [2.05, 4.69) is 50.5 Å². The molecule has 0 bridgehead atoms. The molecule has 10 atom stereocenters. The Morgan fingerprint density at radius 3 is 1.48 bits per heavy atom. The van der Waals surface area contributed by atoms with Crippen LogP contribution >= 0.6 is 50.5 Å². The standard InChI is InChI=1S/C25H44S4/c26-8-5-18-12-17(24-13-20(24)7-10-28)1-3-22(18)16-2-4-23(19(11-16)6-9-27)25-14-21(25)15-29/h16-29H,1-15H2. The van der Waals surface area contributed by atoms with Crippen molar-refractivity contribution >= 4 is 50.5 Å². The molecule has 168 valence electrons. The van der Waals surface area contributed by atoms with Crippen LogP contribution in [-0.2, 0) is 0 Å². The van der Waals surface area contributed by atoms with Crippen LogP contribution in [0.2, 0.25) is 0 Å². The molecule has 4 aliphatic carbocycles. The Morgan fingerprint density at radius 1 is 0.448 bits per heavy atom. The quantitative estimate of drug-likeness (QED) is 0.237. The largest absolute Gasteiger partial charge is 0.179 e. The summed E-state index contributed by atoms with van der Waals surface area (Å²) in [5.74, 6) is 14.2. The Bertz CT molecular complexity index is 511. The highest BCUT2D eigenvalue weighted by molar-refractivity contribution is 7.80. The predicted octanol–water partition coefficient (Wildman–Crippen LogP) is 7.21. The second-order valence-electron chi connectivity index (χ2n) is 11.0. The van der Waals surface area contributed by atoms with Crippen molar-refractivity contribution in [2.75, 3.05) is 23.0 Å². The van der Waals surface area contributed by atoms with Gasteiger partial charge < -0.3 is 0 Å². The molecule has 4 heteroatoms. The van der Waals surface area contributed by atoms with Gasteiger partial charge in [-0.1, -0.05) is 0 Å². The summed E-state index contributed by atoms with van der Waals surface area (Å²) in [4.78, 5) is 0. The fraction of sp³-hybridized carbons (Fsp3) is 1.00. The van der Waals surface area contributed by atoms with Crippen molar-refractivity contribution in [3.05, 3.63) is 0 Å². The highest BCUT2D eigenvalue weighted by Gasteiger charge is 2.49. The molecule has 10 unspecified atom stereocenters. The van der Waals surface area contributed by atoms with Crippen LogP contribution < -0.4 is 0 Å². The molecule has 0 aliphatic heterocycles. The first-order valence-corrected chi connectivity index (χ1v) is 15.2. The minimum absolute atomic E-state index is 0.929. The highest BCUT2D eigenvalue weighted by Crippen LogP contribution is 2.58. The number of hydrogen-bond donors (Lipinski definition) is 4. The Labute approximate surface area is 202 Å². The van der Waals surface area contributed by atoms with Gasteiger partial charge >= 0.3 is 0 Å². The molecule has 4 fully saturated rings. The highest BCUT2D eigenvalue weighted by atomic mass is 32.1. The van der Waals surface area contributed by atoms with Gasteiger partial charge in [-0.15, -0.1) is 0 Å². The maximum absolute atomic E-state index is 4.68. The molecule has 0 nitrogen and oxygen atoms in total. The van der Waals surface area contributed by atoms with E-state index in [1.165, 1.54) is 70.6 Å². The van der Waals surface area contributed by atoms with Gasteiger partial charge in [-0.3, -0.25) is 0 Å². The van der Waals surface area contributed by atoms with Gasteiger partial charge in [0.1, 0.15) is 0 Å². The molecule has 29 heavy (non-hydrogen) atoms. The number of hydrogen-bond acceptors (Lipinski definition) is 4. The maximum Gasteiger partial charge on any atom is -0.00666 e. The third kappa shape index (κ3) is 5.67. The van der Waals surface area contributed by atoms with Crippen molar-refractivity contribution in [2.24, 2.45) is 59.2 Å². The van der Waals surface area contributed by atoms with Gasteiger partial charge in [-0.2, -0.15) is 50.5 Å². The average Bonchev–Trinajstić information content (AvgIpc) is 3.64. The van der Waals surface area contributed by atoms with Crippen LogP contribution in [0.3, 0.4) is 0 Å². The maximum atomic E-state index is 4.68. The van der Waals surface area contributed by atoms with Crippen molar-refractivity contribution in [2.45, 2.75) is 70.6 Å². The van der Waals surface area contributed by atoms with Crippen molar-refractivity contribution in [3.8, 4) is 0 Å². The van der Waals surface area contributed by atoms with E-state index in [0.717, 1.165) is 82.2 Å². The van der Waals surface area contributed by atoms with Gasteiger partial charge in [0, 0.05) is 0 Å². The van der Waals surface area contributed by atoms with Crippen LogP contribution in [0.15, 0.2) is 0 Å². The fourth-order valence-corrected chi connectivity index (χ4v) is 9.37. The van der Waals surface area contributed by atoms with Gasteiger partial charge in [0.15, 0.2) is 0 Å². The first-order valence-electron chi connectivity index (χ1n) is 12.6. The van der Waals surface area contributed by atoms with E-state index in [4.69, 9.17) is 0 Å². The molecule has 4 aliphatic rings. The van der Waals surface area contributed by atoms with Crippen LogP contribution in [0, 0.1) is 59.2 Å². The first kappa shape index (κ1) is 23.6. The molecule has 0 radical (unpaired) electrons. The first-order chi connectivity index (χ1) is 14.2. The summed E-state index contributed by atoms with van der Waals surface area (Å²) in [5.41, 5.74) is 0. The van der Waals surface area contributed by atoms with E-state index in [9.17, 15) is 0 Å². The summed E-state index contributed by atoms with van der Waals surface area (Å²) in [7, 11) is 0. The molecule has 4 rings (SSSR count). The van der Waals surface area contributed by atoms with Crippen LogP contribution in [0.4, 0.5) is 0 Å². The van der Waals surface area contributed by atoms with E-state index < -0.39 is 0 Å². The zero-order valence-corrected chi connectivity index (χ0v) is 21.7. The van der Waals surface area contributed by atoms with Crippen molar-refractivity contribution in [3.63, 3.8) is 0 Å². The molecule has 0 aromatic carbocycles. The summed E-state index contributed by atoms with van der Waals surface area (Å²) in [5, 5.41) is 0. The zero-order valence-electron chi connectivity index (χ0n) is 18.2. The Morgan fingerprint density at radius 2 is 0.931 bits per heavy atom. The number of rotatable bonds is 10. The van der Waals surface area contributed by atoms with E-state index in [0.29, 0.717) is 0 Å². The van der Waals surface area contributed by atoms with Crippen molar-refractivity contribution < 1.29 is 0 Å². The smallest absolute Gasteiger partial charge is 0.00666 e. The monoisotopic (exact) mass is 472 g/mol. The topological polar surface area (TPSA) is 0 Å². The predicted molar refractivity (Wildman–Crippen MR) is 141 cm³/mol. The van der Waals surface area contributed by atoms with E-state index >= 15 is 0 Å². The zero-order chi connectivity index (χ0) is 20.4. The lowest BCUT2D eigenvalue weighted by atomic mass is 9.60. The molecular formula is C25H44S4. The molecule has 0 N–H and O–H groups in total. The van der Waals surface area contributed by atoms with Gasteiger partial charge in [0.05, 0.1) is 0 Å². The Balaban J connectivity index is 1.35. The molecule has 0 aromatic heterocycles.